The number of carbonyl (C=O) groups excluding carboxylic acids is 1. The van der Waals surface area contributed by atoms with E-state index in [-0.39, 0.29) is 0 Å². The summed E-state index contributed by atoms with van der Waals surface area (Å²) in [6, 6.07) is 0. The first-order valence-electron chi connectivity index (χ1n) is 4.75. The summed E-state index contributed by atoms with van der Waals surface area (Å²) in [5.41, 5.74) is 0. The second-order valence-electron chi connectivity index (χ2n) is 3.47. The van der Waals surface area contributed by atoms with E-state index >= 15 is 0 Å². The van der Waals surface area contributed by atoms with Crippen LogP contribution in [-0.2, 0) is 9.53 Å². The van der Waals surface area contributed by atoms with Crippen molar-refractivity contribution >= 4 is 6.29 Å². The first-order chi connectivity index (χ1) is 6.33. The van der Waals surface area contributed by atoms with Crippen LogP contribution in [0.15, 0.2) is 0 Å². The van der Waals surface area contributed by atoms with E-state index in [4.69, 9.17) is 4.74 Å². The number of nitrogens with one attached hydrogen (secondary N) is 1. The Bertz CT molecular complexity index is 143. The normalized spacial score (nSPS) is 24.1. The molecule has 2 aliphatic heterocycles. The zero-order valence-electron chi connectivity index (χ0n) is 8.16. The van der Waals surface area contributed by atoms with E-state index in [1.54, 1.807) is 0 Å². The molecule has 1 N–H and O–H groups in total. The molecule has 0 radical (unpaired) electrons. The molecule has 4 heteroatoms. The van der Waals surface area contributed by atoms with Crippen molar-refractivity contribution in [1.29, 1.82) is 0 Å². The van der Waals surface area contributed by atoms with Crippen molar-refractivity contribution in [2.75, 3.05) is 46.4 Å². The van der Waals surface area contributed by atoms with Gasteiger partial charge in [-0.25, -0.2) is 0 Å². The lowest BCUT2D eigenvalue weighted by atomic mass is 10.1. The average molecular weight is 186 g/mol. The minimum atomic E-state index is 0.324. The molecule has 0 amide bonds. The predicted octanol–water partition coefficient (Wildman–Crippen LogP) is -0.647. The fraction of sp³-hybridized carbons (Fsp3) is 0.889. The number of hydrogen-bond donors (Lipinski definition) is 1. The number of nitrogens with zero attached hydrogens (tertiary/aromatic N) is 1. The fourth-order valence-corrected chi connectivity index (χ4v) is 1.06. The molecule has 0 atom stereocenters. The Morgan fingerprint density at radius 3 is 2.15 bits per heavy atom. The maximum atomic E-state index is 9.75. The Balaban J connectivity index is 0.000000132. The smallest absolute Gasteiger partial charge is 0.125 e. The summed E-state index contributed by atoms with van der Waals surface area (Å²) in [6.07, 6.45) is 0.997. The molecular weight excluding hydrogens is 168 g/mol. The Kier molecular flexibility index (Phi) is 4.97. The lowest BCUT2D eigenvalue weighted by Gasteiger charge is -2.21. The van der Waals surface area contributed by atoms with Crippen LogP contribution in [0.25, 0.3) is 0 Å². The zero-order valence-corrected chi connectivity index (χ0v) is 8.16. The summed E-state index contributed by atoms with van der Waals surface area (Å²) in [7, 11) is 2.11. The van der Waals surface area contributed by atoms with Gasteiger partial charge in [-0.15, -0.1) is 0 Å². The third kappa shape index (κ3) is 4.36. The third-order valence-electron chi connectivity index (χ3n) is 2.24. The molecule has 4 nitrogen and oxygen atoms in total. The van der Waals surface area contributed by atoms with Crippen LogP contribution < -0.4 is 5.32 Å². The minimum absolute atomic E-state index is 0.324. The van der Waals surface area contributed by atoms with Gasteiger partial charge >= 0.3 is 0 Å². The molecule has 0 aromatic carbocycles. The molecule has 2 saturated heterocycles. The van der Waals surface area contributed by atoms with E-state index in [0.717, 1.165) is 45.7 Å². The van der Waals surface area contributed by atoms with Gasteiger partial charge in [-0.1, -0.05) is 0 Å². The van der Waals surface area contributed by atoms with Crippen molar-refractivity contribution in [3.8, 4) is 0 Å². The van der Waals surface area contributed by atoms with Crippen molar-refractivity contribution in [2.24, 2.45) is 5.92 Å². The number of likely N-dealkylation sites (N-methyl/N-ethyl adjacent to an activating group) is 1. The monoisotopic (exact) mass is 186 g/mol. The molecule has 0 saturated carbocycles. The number of aldehydes is 1. The van der Waals surface area contributed by atoms with Crippen molar-refractivity contribution < 1.29 is 9.53 Å². The second-order valence-corrected chi connectivity index (χ2v) is 3.47. The molecule has 0 aliphatic carbocycles. The van der Waals surface area contributed by atoms with Gasteiger partial charge in [-0.2, -0.15) is 0 Å². The number of morpholine rings is 1. The van der Waals surface area contributed by atoms with Crippen LogP contribution in [-0.4, -0.2) is 57.6 Å². The highest BCUT2D eigenvalue weighted by Gasteiger charge is 2.13. The van der Waals surface area contributed by atoms with Gasteiger partial charge in [0, 0.05) is 32.1 Å². The van der Waals surface area contributed by atoms with Gasteiger partial charge in [0.15, 0.2) is 0 Å². The van der Waals surface area contributed by atoms with Gasteiger partial charge in [0.1, 0.15) is 6.29 Å². The zero-order chi connectivity index (χ0) is 9.52. The van der Waals surface area contributed by atoms with Crippen LogP contribution in [0.4, 0.5) is 0 Å². The molecular formula is C9H18N2O2. The van der Waals surface area contributed by atoms with Crippen molar-refractivity contribution in [3.63, 3.8) is 0 Å². The summed E-state index contributed by atoms with van der Waals surface area (Å²) in [5, 5.41) is 2.98. The van der Waals surface area contributed by atoms with E-state index in [0.29, 0.717) is 5.92 Å². The molecule has 0 spiro atoms. The largest absolute Gasteiger partial charge is 0.379 e. The van der Waals surface area contributed by atoms with Gasteiger partial charge in [-0.3, -0.25) is 0 Å². The highest BCUT2D eigenvalue weighted by molar-refractivity contribution is 5.55. The van der Waals surface area contributed by atoms with Gasteiger partial charge < -0.3 is 19.7 Å². The maximum Gasteiger partial charge on any atom is 0.125 e. The lowest BCUT2D eigenvalue weighted by molar-refractivity contribution is -0.112. The summed E-state index contributed by atoms with van der Waals surface area (Å²) in [4.78, 5) is 12.0. The van der Waals surface area contributed by atoms with Crippen molar-refractivity contribution in [2.45, 2.75) is 0 Å². The van der Waals surface area contributed by atoms with Gasteiger partial charge in [0.25, 0.3) is 0 Å². The quantitative estimate of drug-likeness (QED) is 0.553. The van der Waals surface area contributed by atoms with Crippen LogP contribution in [0.1, 0.15) is 0 Å². The highest BCUT2D eigenvalue weighted by Crippen LogP contribution is 1.94. The third-order valence-corrected chi connectivity index (χ3v) is 2.24. The topological polar surface area (TPSA) is 41.6 Å². The molecule has 2 aliphatic rings. The van der Waals surface area contributed by atoms with Gasteiger partial charge in [-0.05, 0) is 7.05 Å². The molecule has 13 heavy (non-hydrogen) atoms. The van der Waals surface area contributed by atoms with Gasteiger partial charge in [0.2, 0.25) is 0 Å². The SMILES string of the molecule is CN1CCOCC1.O=CC1CNC1. The average Bonchev–Trinajstić information content (AvgIpc) is 2.04. The number of ether oxygens (including phenoxy) is 1. The molecule has 2 heterocycles. The molecule has 2 rings (SSSR count). The first-order valence-corrected chi connectivity index (χ1v) is 4.75. The molecule has 2 fully saturated rings. The Labute approximate surface area is 79.2 Å². The first kappa shape index (κ1) is 10.6. The van der Waals surface area contributed by atoms with Gasteiger partial charge in [0.05, 0.1) is 13.2 Å². The minimum Gasteiger partial charge on any atom is -0.379 e. The molecule has 0 unspecified atom stereocenters. The van der Waals surface area contributed by atoms with E-state index < -0.39 is 0 Å². The molecule has 0 aromatic heterocycles. The standard InChI is InChI=1S/C5H11NO.C4H7NO/c1-6-2-4-7-5-3-6;6-3-4-1-5-2-4/h2-5H2,1H3;3-5H,1-2H2. The molecule has 0 bridgehead atoms. The van der Waals surface area contributed by atoms with E-state index in [9.17, 15) is 4.79 Å². The molecule has 76 valence electrons. The number of hydrogen-bond acceptors (Lipinski definition) is 4. The summed E-state index contributed by atoms with van der Waals surface area (Å²) < 4.78 is 5.10. The maximum absolute atomic E-state index is 9.75. The van der Waals surface area contributed by atoms with E-state index in [1.165, 1.54) is 0 Å². The fourth-order valence-electron chi connectivity index (χ4n) is 1.06. The highest BCUT2D eigenvalue weighted by atomic mass is 16.5. The van der Waals surface area contributed by atoms with E-state index in [2.05, 4.69) is 17.3 Å². The van der Waals surface area contributed by atoms with Crippen LogP contribution in [0, 0.1) is 5.92 Å². The Morgan fingerprint density at radius 1 is 1.38 bits per heavy atom. The van der Waals surface area contributed by atoms with E-state index in [1.807, 2.05) is 0 Å². The Morgan fingerprint density at radius 2 is 2.00 bits per heavy atom. The second kappa shape index (κ2) is 6.07. The van der Waals surface area contributed by atoms with Crippen LogP contribution in [0.3, 0.4) is 0 Å². The van der Waals surface area contributed by atoms with Crippen molar-refractivity contribution in [1.82, 2.24) is 10.2 Å². The Hall–Kier alpha value is -0.450. The number of carbonyl (C=O) groups is 1. The van der Waals surface area contributed by atoms with Crippen LogP contribution in [0.2, 0.25) is 0 Å². The van der Waals surface area contributed by atoms with Crippen LogP contribution >= 0.6 is 0 Å². The molecule has 0 aromatic rings. The number of rotatable bonds is 1. The predicted molar refractivity (Wildman–Crippen MR) is 50.7 cm³/mol. The summed E-state index contributed by atoms with van der Waals surface area (Å²) >= 11 is 0. The summed E-state index contributed by atoms with van der Waals surface area (Å²) in [5.74, 6) is 0.324. The van der Waals surface area contributed by atoms with Crippen LogP contribution in [0.5, 0.6) is 0 Å². The lowest BCUT2D eigenvalue weighted by Crippen LogP contribution is -2.42. The summed E-state index contributed by atoms with van der Waals surface area (Å²) in [6.45, 7) is 5.81. The van der Waals surface area contributed by atoms with Crippen molar-refractivity contribution in [3.05, 3.63) is 0 Å².